The lowest BCUT2D eigenvalue weighted by Gasteiger charge is -2.27. The summed E-state index contributed by atoms with van der Waals surface area (Å²) in [7, 11) is 0. The summed E-state index contributed by atoms with van der Waals surface area (Å²) < 4.78 is 2.17. The van der Waals surface area contributed by atoms with Gasteiger partial charge in [-0.1, -0.05) is 25.7 Å². The quantitative estimate of drug-likeness (QED) is 0.805. The van der Waals surface area contributed by atoms with Crippen LogP contribution >= 0.6 is 0 Å². The van der Waals surface area contributed by atoms with E-state index in [1.165, 1.54) is 18.5 Å². The Labute approximate surface area is 116 Å². The van der Waals surface area contributed by atoms with E-state index >= 15 is 0 Å². The Hall–Kier alpha value is -0.870. The first-order chi connectivity index (χ1) is 9.11. The van der Waals surface area contributed by atoms with Crippen molar-refractivity contribution in [2.24, 2.45) is 0 Å². The summed E-state index contributed by atoms with van der Waals surface area (Å²) >= 11 is 0. The molecule has 0 radical (unpaired) electrons. The summed E-state index contributed by atoms with van der Waals surface area (Å²) in [5.74, 6) is 0. The van der Waals surface area contributed by atoms with Crippen LogP contribution in [0.25, 0.3) is 0 Å². The second-order valence-corrected chi connectivity index (χ2v) is 6.13. The SMILES string of the molecule is CC(C)n1cncc1CNCC1(O)CCCCCC1. The van der Waals surface area contributed by atoms with Gasteiger partial charge in [0.25, 0.3) is 0 Å². The standard InChI is InChI=1S/C15H27N3O/c1-13(2)18-12-17-10-14(18)9-16-11-15(19)7-5-3-4-6-8-15/h10,12-13,16,19H,3-9,11H2,1-2H3. The van der Waals surface area contributed by atoms with Crippen LogP contribution in [-0.4, -0.2) is 26.8 Å². The van der Waals surface area contributed by atoms with E-state index in [1.807, 2.05) is 12.5 Å². The van der Waals surface area contributed by atoms with Crippen LogP contribution in [0.15, 0.2) is 12.5 Å². The number of nitrogens with zero attached hydrogens (tertiary/aromatic N) is 2. The van der Waals surface area contributed by atoms with E-state index in [0.29, 0.717) is 12.6 Å². The highest BCUT2D eigenvalue weighted by molar-refractivity contribution is 4.99. The molecule has 1 aliphatic rings. The van der Waals surface area contributed by atoms with Gasteiger partial charge in [-0.15, -0.1) is 0 Å². The summed E-state index contributed by atoms with van der Waals surface area (Å²) in [6, 6.07) is 0.431. The minimum Gasteiger partial charge on any atom is -0.389 e. The number of hydrogen-bond donors (Lipinski definition) is 2. The number of nitrogens with one attached hydrogen (secondary N) is 1. The van der Waals surface area contributed by atoms with Gasteiger partial charge in [-0.2, -0.15) is 0 Å². The molecule has 1 aliphatic carbocycles. The largest absolute Gasteiger partial charge is 0.389 e. The van der Waals surface area contributed by atoms with Gasteiger partial charge in [0.1, 0.15) is 0 Å². The van der Waals surface area contributed by atoms with Gasteiger partial charge in [-0.25, -0.2) is 4.98 Å². The smallest absolute Gasteiger partial charge is 0.0951 e. The average Bonchev–Trinajstić information content (AvgIpc) is 2.72. The van der Waals surface area contributed by atoms with E-state index in [1.54, 1.807) is 0 Å². The van der Waals surface area contributed by atoms with Crippen LogP contribution in [-0.2, 0) is 6.54 Å². The Bertz CT molecular complexity index is 378. The van der Waals surface area contributed by atoms with Gasteiger partial charge >= 0.3 is 0 Å². The Morgan fingerprint density at radius 3 is 2.63 bits per heavy atom. The third-order valence-electron chi connectivity index (χ3n) is 4.10. The van der Waals surface area contributed by atoms with Crippen molar-refractivity contribution in [2.75, 3.05) is 6.54 Å². The fraction of sp³-hybridized carbons (Fsp3) is 0.800. The monoisotopic (exact) mass is 265 g/mol. The fourth-order valence-electron chi connectivity index (χ4n) is 2.92. The minimum absolute atomic E-state index is 0.431. The predicted octanol–water partition coefficient (Wildman–Crippen LogP) is 2.64. The van der Waals surface area contributed by atoms with Crippen molar-refractivity contribution in [3.05, 3.63) is 18.2 Å². The van der Waals surface area contributed by atoms with Crippen LogP contribution in [0.1, 0.15) is 64.1 Å². The zero-order valence-electron chi connectivity index (χ0n) is 12.2. The molecule has 0 unspecified atom stereocenters. The zero-order valence-corrected chi connectivity index (χ0v) is 12.2. The molecular weight excluding hydrogens is 238 g/mol. The van der Waals surface area contributed by atoms with E-state index in [4.69, 9.17) is 0 Å². The number of aliphatic hydroxyl groups is 1. The molecule has 1 saturated carbocycles. The second kappa shape index (κ2) is 6.53. The molecule has 0 bridgehead atoms. The minimum atomic E-state index is -0.501. The molecule has 0 aliphatic heterocycles. The zero-order chi connectivity index (χ0) is 13.7. The maximum absolute atomic E-state index is 10.6. The molecule has 1 aromatic heterocycles. The molecule has 108 valence electrons. The van der Waals surface area contributed by atoms with E-state index in [9.17, 15) is 5.11 Å². The van der Waals surface area contributed by atoms with Crippen molar-refractivity contribution < 1.29 is 5.11 Å². The molecule has 0 aromatic carbocycles. The number of aromatic nitrogens is 2. The lowest BCUT2D eigenvalue weighted by molar-refractivity contribution is 0.0249. The molecule has 0 amide bonds. The predicted molar refractivity (Wildman–Crippen MR) is 77.0 cm³/mol. The van der Waals surface area contributed by atoms with E-state index < -0.39 is 5.60 Å². The van der Waals surface area contributed by atoms with Crippen LogP contribution < -0.4 is 5.32 Å². The van der Waals surface area contributed by atoms with Gasteiger partial charge < -0.3 is 15.0 Å². The van der Waals surface area contributed by atoms with E-state index in [0.717, 1.165) is 32.2 Å². The van der Waals surface area contributed by atoms with Crippen LogP contribution in [0.5, 0.6) is 0 Å². The van der Waals surface area contributed by atoms with Gasteiger partial charge in [-0.3, -0.25) is 0 Å². The number of rotatable bonds is 5. The highest BCUT2D eigenvalue weighted by atomic mass is 16.3. The van der Waals surface area contributed by atoms with Crippen LogP contribution in [0, 0.1) is 0 Å². The molecule has 1 aromatic rings. The molecule has 0 atom stereocenters. The van der Waals surface area contributed by atoms with Crippen LogP contribution in [0.2, 0.25) is 0 Å². The van der Waals surface area contributed by atoms with E-state index in [-0.39, 0.29) is 0 Å². The molecule has 1 fully saturated rings. The molecular formula is C15H27N3O. The van der Waals surface area contributed by atoms with Crippen molar-refractivity contribution in [1.29, 1.82) is 0 Å². The summed E-state index contributed by atoms with van der Waals surface area (Å²) in [6.07, 6.45) is 10.5. The van der Waals surface area contributed by atoms with Gasteiger partial charge in [-0.05, 0) is 26.7 Å². The van der Waals surface area contributed by atoms with Gasteiger partial charge in [0.15, 0.2) is 0 Å². The Balaban J connectivity index is 1.83. The molecule has 2 N–H and O–H groups in total. The molecule has 4 heteroatoms. The van der Waals surface area contributed by atoms with Crippen LogP contribution in [0.4, 0.5) is 0 Å². The topological polar surface area (TPSA) is 50.1 Å². The maximum atomic E-state index is 10.6. The molecule has 4 nitrogen and oxygen atoms in total. The van der Waals surface area contributed by atoms with Gasteiger partial charge in [0.05, 0.1) is 17.6 Å². The van der Waals surface area contributed by atoms with Crippen molar-refractivity contribution in [3.63, 3.8) is 0 Å². The van der Waals surface area contributed by atoms with Crippen molar-refractivity contribution in [2.45, 2.75) is 70.6 Å². The first-order valence-electron chi connectivity index (χ1n) is 7.54. The van der Waals surface area contributed by atoms with Gasteiger partial charge in [0.2, 0.25) is 0 Å². The summed E-state index contributed by atoms with van der Waals surface area (Å²) in [4.78, 5) is 4.20. The first-order valence-corrected chi connectivity index (χ1v) is 7.54. The molecule has 0 saturated heterocycles. The third kappa shape index (κ3) is 4.05. The van der Waals surface area contributed by atoms with E-state index in [2.05, 4.69) is 28.7 Å². The molecule has 1 heterocycles. The number of hydrogen-bond acceptors (Lipinski definition) is 3. The molecule has 0 spiro atoms. The lowest BCUT2D eigenvalue weighted by Crippen LogP contribution is -2.40. The Morgan fingerprint density at radius 1 is 1.32 bits per heavy atom. The number of imidazole rings is 1. The fourth-order valence-corrected chi connectivity index (χ4v) is 2.92. The highest BCUT2D eigenvalue weighted by Crippen LogP contribution is 2.26. The third-order valence-corrected chi connectivity index (χ3v) is 4.10. The average molecular weight is 265 g/mol. The molecule has 2 rings (SSSR count). The van der Waals surface area contributed by atoms with Gasteiger partial charge in [0, 0.05) is 25.3 Å². The highest BCUT2D eigenvalue weighted by Gasteiger charge is 2.27. The maximum Gasteiger partial charge on any atom is 0.0951 e. The lowest BCUT2D eigenvalue weighted by atomic mass is 9.94. The van der Waals surface area contributed by atoms with Crippen LogP contribution in [0.3, 0.4) is 0 Å². The van der Waals surface area contributed by atoms with Crippen molar-refractivity contribution in [3.8, 4) is 0 Å². The molecule has 19 heavy (non-hydrogen) atoms. The van der Waals surface area contributed by atoms with Crippen molar-refractivity contribution in [1.82, 2.24) is 14.9 Å². The second-order valence-electron chi connectivity index (χ2n) is 6.13. The summed E-state index contributed by atoms with van der Waals surface area (Å²) in [5, 5.41) is 14.0. The van der Waals surface area contributed by atoms with Crippen molar-refractivity contribution >= 4 is 0 Å². The summed E-state index contributed by atoms with van der Waals surface area (Å²) in [6.45, 7) is 5.78. The first kappa shape index (κ1) is 14.5. The summed E-state index contributed by atoms with van der Waals surface area (Å²) in [5.41, 5.74) is 0.686. The normalized spacial score (nSPS) is 19.6. The Morgan fingerprint density at radius 2 is 2.00 bits per heavy atom. The Kier molecular flexibility index (Phi) is 4.99.